The van der Waals surface area contributed by atoms with Crippen molar-refractivity contribution in [2.75, 3.05) is 13.1 Å². The molecule has 0 spiro atoms. The number of oxime groups is 1. The number of aliphatic hydroxyl groups excluding tert-OH is 1. The van der Waals surface area contributed by atoms with Crippen LogP contribution in [0.15, 0.2) is 5.16 Å². The Hall–Kier alpha value is -1.14. The van der Waals surface area contributed by atoms with Gasteiger partial charge in [0.15, 0.2) is 0 Å². The van der Waals surface area contributed by atoms with Gasteiger partial charge in [-0.2, -0.15) is 0 Å². The summed E-state index contributed by atoms with van der Waals surface area (Å²) in [7, 11) is 0. The molecule has 4 saturated carbocycles. The Bertz CT molecular complexity index is 843. The fourth-order valence-electron chi connectivity index (χ4n) is 9.68. The van der Waals surface area contributed by atoms with Gasteiger partial charge in [0, 0.05) is 18.5 Å². The lowest BCUT2D eigenvalue weighted by atomic mass is 9.44. The second-order valence-corrected chi connectivity index (χ2v) is 14.0. The van der Waals surface area contributed by atoms with Gasteiger partial charge in [0.1, 0.15) is 0 Å². The summed E-state index contributed by atoms with van der Waals surface area (Å²) in [4.78, 5) is 17.7. The van der Waals surface area contributed by atoms with Gasteiger partial charge in [-0.1, -0.05) is 32.9 Å². The van der Waals surface area contributed by atoms with Crippen molar-refractivity contribution in [3.05, 3.63) is 0 Å². The molecule has 3 N–H and O–H groups in total. The van der Waals surface area contributed by atoms with Crippen LogP contribution in [0.25, 0.3) is 0 Å². The van der Waals surface area contributed by atoms with E-state index in [9.17, 15) is 9.90 Å². The summed E-state index contributed by atoms with van der Waals surface area (Å²) in [5.41, 5.74) is 1.84. The smallest absolute Gasteiger partial charge is 0.393 e. The second kappa shape index (κ2) is 9.31. The molecule has 9 atom stereocenters. The van der Waals surface area contributed by atoms with E-state index >= 15 is 0 Å². The molecule has 198 valence electrons. The zero-order chi connectivity index (χ0) is 25.0. The monoisotopic (exact) mass is 487 g/mol. The van der Waals surface area contributed by atoms with Gasteiger partial charge in [-0.15, -0.1) is 0 Å². The maximum absolute atomic E-state index is 12.4. The summed E-state index contributed by atoms with van der Waals surface area (Å²) in [6.45, 7) is 13.2. The van der Waals surface area contributed by atoms with E-state index < -0.39 is 6.09 Å². The number of nitrogens with zero attached hydrogens (tertiary/aromatic N) is 1. The van der Waals surface area contributed by atoms with Gasteiger partial charge in [0.25, 0.3) is 0 Å². The Labute approximate surface area is 212 Å². The minimum atomic E-state index is -0.442. The lowest BCUT2D eigenvalue weighted by Crippen LogP contribution is -2.54. The maximum Gasteiger partial charge on any atom is 0.433 e. The molecule has 1 heterocycles. The first kappa shape index (κ1) is 25.5. The van der Waals surface area contributed by atoms with Crippen LogP contribution in [-0.2, 0) is 4.84 Å². The van der Waals surface area contributed by atoms with E-state index in [1.807, 2.05) is 0 Å². The van der Waals surface area contributed by atoms with E-state index in [4.69, 9.17) is 4.84 Å². The predicted octanol–water partition coefficient (Wildman–Crippen LogP) is 5.50. The van der Waals surface area contributed by atoms with Crippen molar-refractivity contribution in [2.45, 2.75) is 111 Å². The van der Waals surface area contributed by atoms with Crippen LogP contribution in [0.2, 0.25) is 0 Å². The summed E-state index contributed by atoms with van der Waals surface area (Å²) in [6, 6.07) is 0.272. The van der Waals surface area contributed by atoms with Crippen molar-refractivity contribution in [1.29, 1.82) is 0 Å². The summed E-state index contributed by atoms with van der Waals surface area (Å²) in [5.74, 6) is 3.45. The molecule has 1 saturated heterocycles. The molecule has 1 aliphatic heterocycles. The molecule has 4 aliphatic carbocycles. The Morgan fingerprint density at radius 1 is 1.00 bits per heavy atom. The van der Waals surface area contributed by atoms with Crippen LogP contribution in [0.3, 0.4) is 0 Å². The number of hydrogen-bond acceptors (Lipinski definition) is 5. The van der Waals surface area contributed by atoms with Gasteiger partial charge < -0.3 is 15.7 Å². The molecule has 5 rings (SSSR count). The summed E-state index contributed by atoms with van der Waals surface area (Å²) >= 11 is 0. The number of aliphatic hydroxyl groups is 1. The quantitative estimate of drug-likeness (QED) is 0.278. The average Bonchev–Trinajstić information content (AvgIpc) is 3.34. The van der Waals surface area contributed by atoms with Crippen molar-refractivity contribution < 1.29 is 14.7 Å². The molecular formula is C29H49N3O3. The molecule has 5 aliphatic rings. The van der Waals surface area contributed by atoms with Crippen molar-refractivity contribution in [3.63, 3.8) is 0 Å². The van der Waals surface area contributed by atoms with Gasteiger partial charge in [0.05, 0.1) is 11.8 Å². The van der Waals surface area contributed by atoms with Gasteiger partial charge in [-0.3, -0.25) is 4.84 Å². The van der Waals surface area contributed by atoms with Gasteiger partial charge >= 0.3 is 6.09 Å². The summed E-state index contributed by atoms with van der Waals surface area (Å²) in [6.07, 6.45) is 11.4. The first-order valence-corrected chi connectivity index (χ1v) is 14.5. The van der Waals surface area contributed by atoms with E-state index in [0.29, 0.717) is 23.8 Å². The highest BCUT2D eigenvalue weighted by molar-refractivity contribution is 5.85. The fourth-order valence-corrected chi connectivity index (χ4v) is 9.68. The number of carbonyl (C=O) groups excluding carboxylic acids is 1. The lowest BCUT2D eigenvalue weighted by Gasteiger charge is -2.61. The van der Waals surface area contributed by atoms with Crippen LogP contribution in [0.1, 0.15) is 98.8 Å². The lowest BCUT2D eigenvalue weighted by molar-refractivity contribution is -0.123. The normalized spacial score (nSPS) is 46.9. The maximum atomic E-state index is 12.4. The van der Waals surface area contributed by atoms with Crippen LogP contribution in [0.4, 0.5) is 4.79 Å². The topological polar surface area (TPSA) is 83.0 Å². The molecule has 1 amide bonds. The summed E-state index contributed by atoms with van der Waals surface area (Å²) in [5, 5.41) is 21.1. The Morgan fingerprint density at radius 2 is 1.74 bits per heavy atom. The van der Waals surface area contributed by atoms with E-state index in [1.165, 1.54) is 38.5 Å². The molecule has 35 heavy (non-hydrogen) atoms. The van der Waals surface area contributed by atoms with E-state index in [0.717, 1.165) is 55.7 Å². The Balaban J connectivity index is 1.21. The van der Waals surface area contributed by atoms with Gasteiger partial charge in [0.2, 0.25) is 0 Å². The van der Waals surface area contributed by atoms with Crippen LogP contribution in [0.5, 0.6) is 0 Å². The number of rotatable bonds is 4. The highest BCUT2D eigenvalue weighted by Gasteiger charge is 2.60. The Morgan fingerprint density at radius 3 is 2.49 bits per heavy atom. The predicted molar refractivity (Wildman–Crippen MR) is 139 cm³/mol. The van der Waals surface area contributed by atoms with Crippen molar-refractivity contribution in [3.8, 4) is 0 Å². The second-order valence-electron chi connectivity index (χ2n) is 14.0. The van der Waals surface area contributed by atoms with Crippen LogP contribution < -0.4 is 10.6 Å². The van der Waals surface area contributed by atoms with Crippen molar-refractivity contribution in [2.24, 2.45) is 51.0 Å². The van der Waals surface area contributed by atoms with E-state index in [1.54, 1.807) is 0 Å². The van der Waals surface area contributed by atoms with Crippen LogP contribution >= 0.6 is 0 Å². The highest BCUT2D eigenvalue weighted by Crippen LogP contribution is 2.67. The number of amides is 1. The third-order valence-corrected chi connectivity index (χ3v) is 12.0. The number of nitrogens with one attached hydrogen (secondary N) is 2. The third kappa shape index (κ3) is 4.45. The SMILES string of the molecule is C/C(=N\OC(=O)NCC1NCCC1(C)C)[C@H]1CC[C@H]2[C@@H]3CC[C@H]4C[C@@H](O)CC[C@]4(C)[C@H]3CC[C@]12C. The number of hydrogen-bond donors (Lipinski definition) is 3. The molecule has 6 nitrogen and oxygen atoms in total. The van der Waals surface area contributed by atoms with Crippen LogP contribution in [0, 0.1) is 45.8 Å². The van der Waals surface area contributed by atoms with Crippen LogP contribution in [-0.4, -0.2) is 42.1 Å². The van der Waals surface area contributed by atoms with Gasteiger partial charge in [-0.25, -0.2) is 4.79 Å². The first-order chi connectivity index (χ1) is 16.5. The average molecular weight is 488 g/mol. The molecule has 0 bridgehead atoms. The molecular weight excluding hydrogens is 438 g/mol. The van der Waals surface area contributed by atoms with Crippen molar-refractivity contribution >= 4 is 11.8 Å². The van der Waals surface area contributed by atoms with Gasteiger partial charge in [-0.05, 0) is 118 Å². The number of fused-ring (bicyclic) bond motifs is 5. The standard InChI is InChI=1S/C29H49N3O3/c1-18(32-35-26(34)31-17-25-27(2,3)14-15-30-25)22-8-9-23-21-7-6-19-16-20(33)10-12-28(19,4)24(21)11-13-29(22,23)5/h19-25,30,33H,6-17H2,1-5H3,(H,31,34)/b32-18+/t19-,20-,21-,22+,23-,24-,25?,28-,29+/m0/s1. The van der Waals surface area contributed by atoms with E-state index in [-0.39, 0.29) is 23.0 Å². The molecule has 5 fully saturated rings. The largest absolute Gasteiger partial charge is 0.433 e. The van der Waals surface area contributed by atoms with Crippen molar-refractivity contribution in [1.82, 2.24) is 10.6 Å². The first-order valence-electron chi connectivity index (χ1n) is 14.5. The van der Waals surface area contributed by atoms with E-state index in [2.05, 4.69) is 50.4 Å². The fraction of sp³-hybridized carbons (Fsp3) is 0.931. The summed E-state index contributed by atoms with van der Waals surface area (Å²) < 4.78 is 0. The molecule has 0 aromatic heterocycles. The minimum absolute atomic E-state index is 0.0775. The number of carbonyl (C=O) groups is 1. The Kier molecular flexibility index (Phi) is 6.78. The molecule has 0 aromatic rings. The minimum Gasteiger partial charge on any atom is -0.393 e. The molecule has 1 unspecified atom stereocenters. The molecule has 6 heteroatoms. The zero-order valence-corrected chi connectivity index (χ0v) is 22.7. The third-order valence-electron chi connectivity index (χ3n) is 12.0. The zero-order valence-electron chi connectivity index (χ0n) is 22.7. The highest BCUT2D eigenvalue weighted by atomic mass is 16.7. The molecule has 0 radical (unpaired) electrons. The molecule has 0 aromatic carbocycles.